The van der Waals surface area contributed by atoms with Crippen molar-refractivity contribution in [3.63, 3.8) is 0 Å². The summed E-state index contributed by atoms with van der Waals surface area (Å²) >= 11 is 0. The van der Waals surface area contributed by atoms with Gasteiger partial charge in [0, 0.05) is 12.2 Å². The quantitative estimate of drug-likeness (QED) is 0.788. The number of nitrogens with two attached hydrogens (primary N) is 1. The minimum Gasteiger partial charge on any atom is -0.380 e. The van der Waals surface area contributed by atoms with Crippen molar-refractivity contribution < 1.29 is 17.9 Å². The van der Waals surface area contributed by atoms with Crippen LogP contribution in [0.4, 0.5) is 0 Å². The van der Waals surface area contributed by atoms with Gasteiger partial charge in [0.15, 0.2) is 0 Å². The van der Waals surface area contributed by atoms with Crippen LogP contribution in [0.25, 0.3) is 0 Å². The third kappa shape index (κ3) is 5.45. The summed E-state index contributed by atoms with van der Waals surface area (Å²) in [6, 6.07) is 5.51. The molecule has 0 aliphatic rings. The molecule has 21 heavy (non-hydrogen) atoms. The summed E-state index contributed by atoms with van der Waals surface area (Å²) in [7, 11) is -3.82. The molecular formula is C14H22N2O4S. The maximum atomic E-state index is 12.2. The van der Waals surface area contributed by atoms with Crippen LogP contribution in [-0.2, 0) is 14.8 Å². The summed E-state index contributed by atoms with van der Waals surface area (Å²) < 4.78 is 28.0. The Morgan fingerprint density at radius 2 is 2.05 bits per heavy atom. The SMILES string of the molecule is CCOCC(NC(=O)c1cccc(S(N)(=O)=O)c1)C(C)C. The molecule has 7 heteroatoms. The Balaban J connectivity index is 2.88. The molecule has 1 rings (SSSR count). The zero-order valence-corrected chi connectivity index (χ0v) is 13.3. The van der Waals surface area contributed by atoms with E-state index in [9.17, 15) is 13.2 Å². The summed E-state index contributed by atoms with van der Waals surface area (Å²) in [5, 5.41) is 7.91. The van der Waals surface area contributed by atoms with E-state index in [1.807, 2.05) is 20.8 Å². The van der Waals surface area contributed by atoms with Gasteiger partial charge in [0.05, 0.1) is 17.5 Å². The van der Waals surface area contributed by atoms with E-state index in [2.05, 4.69) is 5.32 Å². The van der Waals surface area contributed by atoms with Gasteiger partial charge in [-0.15, -0.1) is 0 Å². The fourth-order valence-corrected chi connectivity index (χ4v) is 2.27. The van der Waals surface area contributed by atoms with Crippen LogP contribution in [0.5, 0.6) is 0 Å². The van der Waals surface area contributed by atoms with Crippen LogP contribution in [-0.4, -0.2) is 33.6 Å². The number of hydrogen-bond donors (Lipinski definition) is 2. The number of primary sulfonamides is 1. The molecule has 0 saturated carbocycles. The highest BCUT2D eigenvalue weighted by molar-refractivity contribution is 7.89. The molecule has 3 N–H and O–H groups in total. The lowest BCUT2D eigenvalue weighted by atomic mass is 10.0. The van der Waals surface area contributed by atoms with E-state index in [1.54, 1.807) is 6.07 Å². The maximum absolute atomic E-state index is 12.2. The summed E-state index contributed by atoms with van der Waals surface area (Å²) in [6.45, 7) is 6.82. The first-order valence-electron chi connectivity index (χ1n) is 6.77. The normalized spacial score (nSPS) is 13.2. The van der Waals surface area contributed by atoms with Crippen LogP contribution in [0.3, 0.4) is 0 Å². The topological polar surface area (TPSA) is 98.5 Å². The number of nitrogens with one attached hydrogen (secondary N) is 1. The summed E-state index contributed by atoms with van der Waals surface area (Å²) in [5.74, 6) is -0.152. The number of ether oxygens (including phenoxy) is 1. The predicted molar refractivity (Wildman–Crippen MR) is 80.4 cm³/mol. The molecule has 1 aromatic carbocycles. The van der Waals surface area contributed by atoms with Crippen molar-refractivity contribution in [2.24, 2.45) is 11.1 Å². The number of benzene rings is 1. The van der Waals surface area contributed by atoms with Crippen LogP contribution in [0.2, 0.25) is 0 Å². The summed E-state index contributed by atoms with van der Waals surface area (Å²) in [6.07, 6.45) is 0. The van der Waals surface area contributed by atoms with Crippen molar-refractivity contribution in [2.45, 2.75) is 31.7 Å². The zero-order chi connectivity index (χ0) is 16.0. The Hall–Kier alpha value is -1.44. The molecule has 0 aliphatic carbocycles. The lowest BCUT2D eigenvalue weighted by Gasteiger charge is -2.22. The Kier molecular flexibility index (Phi) is 6.32. The van der Waals surface area contributed by atoms with E-state index >= 15 is 0 Å². The number of carbonyl (C=O) groups is 1. The molecule has 0 radical (unpaired) electrons. The molecule has 0 aliphatic heterocycles. The van der Waals surface area contributed by atoms with Gasteiger partial charge in [0.25, 0.3) is 5.91 Å². The average molecular weight is 314 g/mol. The van der Waals surface area contributed by atoms with E-state index in [4.69, 9.17) is 9.88 Å². The van der Waals surface area contributed by atoms with Gasteiger partial charge in [-0.25, -0.2) is 13.6 Å². The van der Waals surface area contributed by atoms with E-state index in [0.29, 0.717) is 13.2 Å². The van der Waals surface area contributed by atoms with Gasteiger partial charge in [0.2, 0.25) is 10.0 Å². The van der Waals surface area contributed by atoms with E-state index < -0.39 is 10.0 Å². The zero-order valence-electron chi connectivity index (χ0n) is 12.5. The smallest absolute Gasteiger partial charge is 0.251 e. The van der Waals surface area contributed by atoms with Gasteiger partial charge >= 0.3 is 0 Å². The largest absolute Gasteiger partial charge is 0.380 e. The second-order valence-corrected chi connectivity index (χ2v) is 6.62. The second kappa shape index (κ2) is 7.53. The lowest BCUT2D eigenvalue weighted by molar-refractivity contribution is 0.0806. The van der Waals surface area contributed by atoms with Gasteiger partial charge in [-0.2, -0.15) is 0 Å². The van der Waals surface area contributed by atoms with Crippen molar-refractivity contribution in [2.75, 3.05) is 13.2 Å². The Morgan fingerprint density at radius 1 is 1.38 bits per heavy atom. The molecule has 6 nitrogen and oxygen atoms in total. The third-order valence-corrected chi connectivity index (χ3v) is 3.96. The highest BCUT2D eigenvalue weighted by atomic mass is 32.2. The van der Waals surface area contributed by atoms with E-state index in [0.717, 1.165) is 0 Å². The van der Waals surface area contributed by atoms with Gasteiger partial charge in [-0.1, -0.05) is 19.9 Å². The van der Waals surface area contributed by atoms with Crippen molar-refractivity contribution >= 4 is 15.9 Å². The molecule has 1 amide bonds. The van der Waals surface area contributed by atoms with Crippen LogP contribution in [0, 0.1) is 5.92 Å². The molecule has 0 fully saturated rings. The molecule has 1 atom stereocenters. The molecule has 0 aromatic heterocycles. The summed E-state index contributed by atoms with van der Waals surface area (Å²) in [4.78, 5) is 12.1. The maximum Gasteiger partial charge on any atom is 0.251 e. The predicted octanol–water partition coefficient (Wildman–Crippen LogP) is 1.12. The van der Waals surface area contributed by atoms with E-state index in [-0.39, 0.29) is 28.3 Å². The van der Waals surface area contributed by atoms with Gasteiger partial charge in [0.1, 0.15) is 0 Å². The second-order valence-electron chi connectivity index (χ2n) is 5.06. The molecular weight excluding hydrogens is 292 g/mol. The first-order chi connectivity index (χ1) is 9.75. The molecule has 1 aromatic rings. The van der Waals surface area contributed by atoms with Crippen LogP contribution in [0.15, 0.2) is 29.2 Å². The standard InChI is InChI=1S/C14H22N2O4S/c1-4-20-9-13(10(2)3)16-14(17)11-6-5-7-12(8-11)21(15,18)19/h5-8,10,13H,4,9H2,1-3H3,(H,16,17)(H2,15,18,19). The van der Waals surface area contributed by atoms with E-state index in [1.165, 1.54) is 18.2 Å². The fourth-order valence-electron chi connectivity index (χ4n) is 1.71. The fraction of sp³-hybridized carbons (Fsp3) is 0.500. The number of hydrogen-bond acceptors (Lipinski definition) is 4. The number of amides is 1. The monoisotopic (exact) mass is 314 g/mol. The van der Waals surface area contributed by atoms with Crippen molar-refractivity contribution in [1.82, 2.24) is 5.32 Å². The minimum absolute atomic E-state index is 0.0824. The molecule has 1 unspecified atom stereocenters. The molecule has 0 heterocycles. The Bertz CT molecular complexity index is 584. The van der Waals surface area contributed by atoms with Crippen LogP contribution < -0.4 is 10.5 Å². The third-order valence-electron chi connectivity index (χ3n) is 3.05. The molecule has 0 spiro atoms. The lowest BCUT2D eigenvalue weighted by Crippen LogP contribution is -2.42. The molecule has 0 saturated heterocycles. The number of sulfonamides is 1. The minimum atomic E-state index is -3.82. The highest BCUT2D eigenvalue weighted by Gasteiger charge is 2.18. The first kappa shape index (κ1) is 17.6. The van der Waals surface area contributed by atoms with Gasteiger partial charge in [-0.3, -0.25) is 4.79 Å². The van der Waals surface area contributed by atoms with Crippen molar-refractivity contribution in [1.29, 1.82) is 0 Å². The van der Waals surface area contributed by atoms with Gasteiger partial charge < -0.3 is 10.1 Å². The first-order valence-corrected chi connectivity index (χ1v) is 8.31. The van der Waals surface area contributed by atoms with Gasteiger partial charge in [-0.05, 0) is 31.0 Å². The van der Waals surface area contributed by atoms with Crippen molar-refractivity contribution in [3.8, 4) is 0 Å². The average Bonchev–Trinajstić information content (AvgIpc) is 2.42. The van der Waals surface area contributed by atoms with Crippen molar-refractivity contribution in [3.05, 3.63) is 29.8 Å². The van der Waals surface area contributed by atoms with Crippen LogP contribution in [0.1, 0.15) is 31.1 Å². The molecule has 118 valence electrons. The highest BCUT2D eigenvalue weighted by Crippen LogP contribution is 2.11. The number of carbonyl (C=O) groups excluding carboxylic acids is 1. The number of rotatable bonds is 7. The Labute approximate surface area is 125 Å². The molecule has 0 bridgehead atoms. The summed E-state index contributed by atoms with van der Waals surface area (Å²) in [5.41, 5.74) is 0.253. The Morgan fingerprint density at radius 3 is 2.57 bits per heavy atom. The van der Waals surface area contributed by atoms with Crippen LogP contribution >= 0.6 is 0 Å².